The molecule has 0 aliphatic carbocycles. The van der Waals surface area contributed by atoms with E-state index in [1.165, 1.54) is 12.1 Å². The Hall–Kier alpha value is -2.37. The number of rotatable bonds is 3. The third-order valence-corrected chi connectivity index (χ3v) is 3.08. The third-order valence-electron chi connectivity index (χ3n) is 3.08. The maximum atomic E-state index is 12.1. The van der Waals surface area contributed by atoms with Crippen LogP contribution < -0.4 is 0 Å². The van der Waals surface area contributed by atoms with E-state index in [-0.39, 0.29) is 11.7 Å². The molecule has 1 heterocycles. The summed E-state index contributed by atoms with van der Waals surface area (Å²) < 4.78 is 7.05. The molecule has 0 radical (unpaired) electrons. The first-order chi connectivity index (χ1) is 9.69. The Balaban J connectivity index is 2.39. The lowest BCUT2D eigenvalue weighted by Crippen LogP contribution is -2.28. The van der Waals surface area contributed by atoms with E-state index in [9.17, 15) is 14.9 Å². The Morgan fingerprint density at radius 2 is 2.00 bits per heavy atom. The minimum atomic E-state index is -0.569. The van der Waals surface area contributed by atoms with Crippen LogP contribution in [0, 0.1) is 10.1 Å². The predicted octanol–water partition coefficient (Wildman–Crippen LogP) is 3.45. The highest BCUT2D eigenvalue weighted by atomic mass is 16.6. The second kappa shape index (κ2) is 5.20. The van der Waals surface area contributed by atoms with E-state index < -0.39 is 16.6 Å². The van der Waals surface area contributed by atoms with Crippen LogP contribution in [0.1, 0.15) is 33.7 Å². The highest BCUT2D eigenvalue weighted by Crippen LogP contribution is 2.26. The maximum Gasteiger partial charge on any atom is 0.329 e. The molecule has 2 rings (SSSR count). The van der Waals surface area contributed by atoms with Gasteiger partial charge in [0.2, 0.25) is 0 Å². The van der Waals surface area contributed by atoms with Crippen molar-refractivity contribution in [2.75, 3.05) is 0 Å². The third kappa shape index (κ3) is 3.21. The number of carbonyl (C=O) groups excluding carboxylic acids is 1. The molecule has 112 valence electrons. The minimum Gasteiger partial charge on any atom is -0.458 e. The van der Waals surface area contributed by atoms with E-state index in [1.807, 2.05) is 6.07 Å². The molecule has 1 aromatic carbocycles. The number of benzene rings is 1. The molecule has 0 saturated heterocycles. The van der Waals surface area contributed by atoms with Gasteiger partial charge in [0.25, 0.3) is 5.69 Å². The first kappa shape index (κ1) is 15.0. The number of hydrogen-bond acceptors (Lipinski definition) is 4. The maximum absolute atomic E-state index is 12.1. The standard InChI is InChI=1S/C15H18N2O4/c1-10(14(18)21-15(2,3)4)16-8-7-11-5-6-12(17(19)20)9-13(11)16/h5-10H,1-4H3. The normalized spacial score (nSPS) is 13.1. The van der Waals surface area contributed by atoms with Crippen molar-refractivity contribution in [3.8, 4) is 0 Å². The van der Waals surface area contributed by atoms with Crippen LogP contribution in [0.4, 0.5) is 5.69 Å². The van der Waals surface area contributed by atoms with Crippen LogP contribution in [0.3, 0.4) is 0 Å². The quantitative estimate of drug-likeness (QED) is 0.493. The van der Waals surface area contributed by atoms with Crippen LogP contribution in [-0.2, 0) is 9.53 Å². The van der Waals surface area contributed by atoms with E-state index in [2.05, 4.69) is 0 Å². The van der Waals surface area contributed by atoms with Gasteiger partial charge >= 0.3 is 5.97 Å². The Kier molecular flexibility index (Phi) is 3.72. The highest BCUT2D eigenvalue weighted by molar-refractivity contribution is 5.85. The Bertz CT molecular complexity index is 697. The van der Waals surface area contributed by atoms with Gasteiger partial charge in [-0.05, 0) is 39.8 Å². The van der Waals surface area contributed by atoms with Gasteiger partial charge in [-0.1, -0.05) is 0 Å². The van der Waals surface area contributed by atoms with E-state index in [0.717, 1.165) is 5.39 Å². The molecule has 2 aromatic rings. The fraction of sp³-hybridized carbons (Fsp3) is 0.400. The number of fused-ring (bicyclic) bond motifs is 1. The Labute approximate surface area is 122 Å². The van der Waals surface area contributed by atoms with Crippen LogP contribution in [0.2, 0.25) is 0 Å². The predicted molar refractivity (Wildman–Crippen MR) is 79.1 cm³/mol. The van der Waals surface area contributed by atoms with Gasteiger partial charge in [-0.15, -0.1) is 0 Å². The molecular weight excluding hydrogens is 272 g/mol. The molecule has 0 amide bonds. The Morgan fingerprint density at radius 3 is 2.57 bits per heavy atom. The molecule has 6 heteroatoms. The highest BCUT2D eigenvalue weighted by Gasteiger charge is 2.24. The zero-order valence-electron chi connectivity index (χ0n) is 12.5. The average Bonchev–Trinajstić information content (AvgIpc) is 2.78. The van der Waals surface area contributed by atoms with Gasteiger partial charge in [0.15, 0.2) is 0 Å². The second-order valence-electron chi connectivity index (χ2n) is 5.93. The fourth-order valence-electron chi connectivity index (χ4n) is 2.09. The summed E-state index contributed by atoms with van der Waals surface area (Å²) in [7, 11) is 0. The molecule has 6 nitrogen and oxygen atoms in total. The number of hydrogen-bond donors (Lipinski definition) is 0. The van der Waals surface area contributed by atoms with Crippen LogP contribution in [0.25, 0.3) is 10.9 Å². The first-order valence-electron chi connectivity index (χ1n) is 6.67. The summed E-state index contributed by atoms with van der Waals surface area (Å²) in [5.74, 6) is -0.369. The number of nitro benzene ring substituents is 1. The van der Waals surface area contributed by atoms with Gasteiger partial charge < -0.3 is 9.30 Å². The molecule has 0 saturated carbocycles. The number of esters is 1. The largest absolute Gasteiger partial charge is 0.458 e. The number of nitro groups is 1. The lowest BCUT2D eigenvalue weighted by molar-refractivity contribution is -0.384. The summed E-state index contributed by atoms with van der Waals surface area (Å²) in [6.07, 6.45) is 1.74. The molecular formula is C15H18N2O4. The van der Waals surface area contributed by atoms with Crippen molar-refractivity contribution in [3.63, 3.8) is 0 Å². The van der Waals surface area contributed by atoms with Crippen molar-refractivity contribution < 1.29 is 14.5 Å². The van der Waals surface area contributed by atoms with E-state index in [0.29, 0.717) is 5.52 Å². The second-order valence-corrected chi connectivity index (χ2v) is 5.93. The topological polar surface area (TPSA) is 74.4 Å². The van der Waals surface area contributed by atoms with Crippen LogP contribution in [0.5, 0.6) is 0 Å². The smallest absolute Gasteiger partial charge is 0.329 e. The van der Waals surface area contributed by atoms with Crippen molar-refractivity contribution in [2.45, 2.75) is 39.3 Å². The fourth-order valence-corrected chi connectivity index (χ4v) is 2.09. The number of nitrogens with zero attached hydrogens (tertiary/aromatic N) is 2. The van der Waals surface area contributed by atoms with Gasteiger partial charge in [0.1, 0.15) is 11.6 Å². The summed E-state index contributed by atoms with van der Waals surface area (Å²) in [6.45, 7) is 7.12. The molecule has 0 aliphatic heterocycles. The zero-order chi connectivity index (χ0) is 15.8. The van der Waals surface area contributed by atoms with E-state index in [4.69, 9.17) is 4.74 Å². The van der Waals surface area contributed by atoms with Crippen molar-refractivity contribution in [3.05, 3.63) is 40.6 Å². The number of carbonyl (C=O) groups is 1. The lowest BCUT2D eigenvalue weighted by Gasteiger charge is -2.23. The number of aromatic nitrogens is 1. The van der Waals surface area contributed by atoms with Crippen molar-refractivity contribution in [1.82, 2.24) is 4.57 Å². The average molecular weight is 290 g/mol. The van der Waals surface area contributed by atoms with E-state index in [1.54, 1.807) is 44.5 Å². The molecule has 0 N–H and O–H groups in total. The number of ether oxygens (including phenoxy) is 1. The zero-order valence-corrected chi connectivity index (χ0v) is 12.5. The summed E-state index contributed by atoms with van der Waals surface area (Å²) in [4.78, 5) is 22.6. The van der Waals surface area contributed by atoms with Gasteiger partial charge in [-0.2, -0.15) is 0 Å². The molecule has 1 atom stereocenters. The summed E-state index contributed by atoms with van der Waals surface area (Å²) in [5, 5.41) is 11.7. The van der Waals surface area contributed by atoms with Crippen LogP contribution >= 0.6 is 0 Å². The molecule has 0 fully saturated rings. The summed E-state index contributed by atoms with van der Waals surface area (Å²) in [6, 6.07) is 5.86. The van der Waals surface area contributed by atoms with E-state index >= 15 is 0 Å². The van der Waals surface area contributed by atoms with Gasteiger partial charge in [-0.25, -0.2) is 4.79 Å². The van der Waals surface area contributed by atoms with Crippen molar-refractivity contribution >= 4 is 22.6 Å². The molecule has 0 aliphatic rings. The number of non-ortho nitro benzene ring substituents is 1. The van der Waals surface area contributed by atoms with Gasteiger partial charge in [0.05, 0.1) is 10.4 Å². The summed E-state index contributed by atoms with van der Waals surface area (Å²) >= 11 is 0. The van der Waals surface area contributed by atoms with Gasteiger partial charge in [-0.3, -0.25) is 10.1 Å². The molecule has 21 heavy (non-hydrogen) atoms. The van der Waals surface area contributed by atoms with Crippen molar-refractivity contribution in [2.24, 2.45) is 0 Å². The van der Waals surface area contributed by atoms with Crippen molar-refractivity contribution in [1.29, 1.82) is 0 Å². The minimum absolute atomic E-state index is 0.00108. The van der Waals surface area contributed by atoms with Crippen LogP contribution in [-0.4, -0.2) is 21.1 Å². The molecule has 0 spiro atoms. The summed E-state index contributed by atoms with van der Waals surface area (Å²) in [5.41, 5.74) is 0.0710. The van der Waals surface area contributed by atoms with Gasteiger partial charge in [0, 0.05) is 23.7 Å². The molecule has 0 bridgehead atoms. The Morgan fingerprint density at radius 1 is 1.33 bits per heavy atom. The van der Waals surface area contributed by atoms with Crippen LogP contribution in [0.15, 0.2) is 30.5 Å². The molecule has 1 aromatic heterocycles. The monoisotopic (exact) mass is 290 g/mol. The first-order valence-corrected chi connectivity index (χ1v) is 6.67. The molecule has 1 unspecified atom stereocenters. The SMILES string of the molecule is CC(C(=O)OC(C)(C)C)n1ccc2ccc([N+](=O)[O-])cc21. The lowest BCUT2D eigenvalue weighted by atomic mass is 10.2.